The van der Waals surface area contributed by atoms with E-state index in [9.17, 15) is 0 Å². The molecule has 0 aliphatic carbocycles. The Hall–Kier alpha value is -1.19. The van der Waals surface area contributed by atoms with Crippen molar-refractivity contribution in [1.29, 1.82) is 0 Å². The standard InChI is InChI=1S/C5H7N4/c1-3-5(2)9-4-6-7-8-9/h3,5H,1H2,2H3. The number of tetrazole rings is 1. The molecule has 4 nitrogen and oxygen atoms in total. The fraction of sp³-hybridized carbons (Fsp3) is 0.400. The second kappa shape index (κ2) is 2.39. The average molecular weight is 123 g/mol. The molecule has 0 amide bonds. The van der Waals surface area contributed by atoms with E-state index in [1.54, 1.807) is 6.08 Å². The molecule has 0 aliphatic rings. The highest BCUT2D eigenvalue weighted by Crippen LogP contribution is 1.98. The summed E-state index contributed by atoms with van der Waals surface area (Å²) < 4.78 is 1.51. The number of allylic oxidation sites excluding steroid dienone is 1. The summed E-state index contributed by atoms with van der Waals surface area (Å²) in [6.45, 7) is 5.51. The van der Waals surface area contributed by atoms with Crippen molar-refractivity contribution in [2.75, 3.05) is 0 Å². The Kier molecular flexibility index (Phi) is 1.58. The summed E-state index contributed by atoms with van der Waals surface area (Å²) in [5, 5.41) is 10.4. The van der Waals surface area contributed by atoms with E-state index in [0.29, 0.717) is 0 Å². The van der Waals surface area contributed by atoms with Crippen molar-refractivity contribution in [1.82, 2.24) is 20.2 Å². The Balaban J connectivity index is 2.76. The van der Waals surface area contributed by atoms with E-state index in [-0.39, 0.29) is 6.04 Å². The van der Waals surface area contributed by atoms with Crippen LogP contribution in [-0.2, 0) is 0 Å². The molecule has 0 bridgehead atoms. The molecule has 0 fully saturated rings. The maximum absolute atomic E-state index is 3.62. The van der Waals surface area contributed by atoms with Gasteiger partial charge in [-0.2, -0.15) is 0 Å². The largest absolute Gasteiger partial charge is 0.222 e. The molecule has 0 aromatic carbocycles. The van der Waals surface area contributed by atoms with Gasteiger partial charge in [0.05, 0.1) is 6.04 Å². The van der Waals surface area contributed by atoms with E-state index in [4.69, 9.17) is 0 Å². The highest BCUT2D eigenvalue weighted by molar-refractivity contribution is 4.78. The van der Waals surface area contributed by atoms with E-state index in [1.807, 2.05) is 6.92 Å². The molecule has 0 saturated carbocycles. The molecule has 1 rings (SSSR count). The monoisotopic (exact) mass is 123 g/mol. The zero-order valence-corrected chi connectivity index (χ0v) is 5.15. The molecular formula is C5H7N4. The summed E-state index contributed by atoms with van der Waals surface area (Å²) in [7, 11) is 0. The van der Waals surface area contributed by atoms with E-state index < -0.39 is 0 Å². The van der Waals surface area contributed by atoms with Crippen LogP contribution in [-0.4, -0.2) is 20.2 Å². The Morgan fingerprint density at radius 1 is 1.78 bits per heavy atom. The van der Waals surface area contributed by atoms with Gasteiger partial charge < -0.3 is 0 Å². The minimum Gasteiger partial charge on any atom is -0.216 e. The fourth-order valence-electron chi connectivity index (χ4n) is 0.421. The summed E-state index contributed by atoms with van der Waals surface area (Å²) in [6.07, 6.45) is 4.30. The summed E-state index contributed by atoms with van der Waals surface area (Å²) >= 11 is 0. The van der Waals surface area contributed by atoms with Crippen LogP contribution in [0.25, 0.3) is 0 Å². The van der Waals surface area contributed by atoms with E-state index in [1.165, 1.54) is 4.68 Å². The molecule has 47 valence electrons. The van der Waals surface area contributed by atoms with Crippen LogP contribution in [0.5, 0.6) is 0 Å². The van der Waals surface area contributed by atoms with Crippen LogP contribution in [0.15, 0.2) is 12.7 Å². The number of aromatic nitrogens is 4. The van der Waals surface area contributed by atoms with Crippen LogP contribution in [0.4, 0.5) is 0 Å². The third-order valence-corrected chi connectivity index (χ3v) is 1.06. The first-order chi connectivity index (χ1) is 4.34. The van der Waals surface area contributed by atoms with Crippen molar-refractivity contribution in [3.05, 3.63) is 19.0 Å². The van der Waals surface area contributed by atoms with Crippen LogP contribution in [0.1, 0.15) is 13.0 Å². The topological polar surface area (TPSA) is 43.6 Å². The normalized spacial score (nSPS) is 13.0. The SMILES string of the molecule is C=CC(C)n1[c]nnn1. The number of nitrogens with zero attached hydrogens (tertiary/aromatic N) is 4. The van der Waals surface area contributed by atoms with E-state index in [0.717, 1.165) is 0 Å². The molecule has 9 heavy (non-hydrogen) atoms. The molecule has 4 heteroatoms. The first-order valence-corrected chi connectivity index (χ1v) is 2.62. The third kappa shape index (κ3) is 1.13. The minimum absolute atomic E-state index is 0.125. The number of hydrogen-bond donors (Lipinski definition) is 0. The van der Waals surface area contributed by atoms with Gasteiger partial charge in [0.1, 0.15) is 0 Å². The van der Waals surface area contributed by atoms with E-state index >= 15 is 0 Å². The molecule has 1 heterocycles. The first-order valence-electron chi connectivity index (χ1n) is 2.62. The van der Waals surface area contributed by atoms with Gasteiger partial charge in [-0.3, -0.25) is 0 Å². The molecule has 1 aromatic rings. The molecule has 1 aromatic heterocycles. The molecule has 0 saturated heterocycles. The summed E-state index contributed by atoms with van der Waals surface area (Å²) in [5.41, 5.74) is 0. The first kappa shape index (κ1) is 5.94. The molecule has 1 atom stereocenters. The van der Waals surface area contributed by atoms with Gasteiger partial charge >= 0.3 is 0 Å². The van der Waals surface area contributed by atoms with Gasteiger partial charge in [-0.05, 0) is 17.4 Å². The molecule has 0 aliphatic heterocycles. The maximum atomic E-state index is 3.62. The Labute approximate surface area is 53.2 Å². The average Bonchev–Trinajstić information content (AvgIpc) is 2.37. The van der Waals surface area contributed by atoms with Crippen molar-refractivity contribution < 1.29 is 0 Å². The minimum atomic E-state index is 0.125. The lowest BCUT2D eigenvalue weighted by Crippen LogP contribution is -2.02. The lowest BCUT2D eigenvalue weighted by Gasteiger charge is -1.99. The van der Waals surface area contributed by atoms with Crippen LogP contribution < -0.4 is 0 Å². The maximum Gasteiger partial charge on any atom is 0.222 e. The summed E-state index contributed by atoms with van der Waals surface area (Å²) in [4.78, 5) is 0. The van der Waals surface area contributed by atoms with Crippen molar-refractivity contribution >= 4 is 0 Å². The Morgan fingerprint density at radius 2 is 2.56 bits per heavy atom. The smallest absolute Gasteiger partial charge is 0.216 e. The van der Waals surface area contributed by atoms with Gasteiger partial charge in [0.25, 0.3) is 0 Å². The second-order valence-electron chi connectivity index (χ2n) is 1.70. The van der Waals surface area contributed by atoms with Crippen LogP contribution in [0.2, 0.25) is 0 Å². The van der Waals surface area contributed by atoms with Gasteiger partial charge in [0, 0.05) is 0 Å². The highest BCUT2D eigenvalue weighted by Gasteiger charge is 1.98. The molecule has 1 radical (unpaired) electrons. The van der Waals surface area contributed by atoms with Gasteiger partial charge in [-0.25, -0.2) is 4.68 Å². The lowest BCUT2D eigenvalue weighted by atomic mass is 10.3. The Morgan fingerprint density at radius 3 is 3.00 bits per heavy atom. The van der Waals surface area contributed by atoms with Crippen molar-refractivity contribution in [3.63, 3.8) is 0 Å². The highest BCUT2D eigenvalue weighted by atomic mass is 15.5. The van der Waals surface area contributed by atoms with Crippen LogP contribution in [0.3, 0.4) is 0 Å². The van der Waals surface area contributed by atoms with E-state index in [2.05, 4.69) is 28.4 Å². The molecule has 0 N–H and O–H groups in total. The predicted molar refractivity (Wildman–Crippen MR) is 31.6 cm³/mol. The number of hydrogen-bond acceptors (Lipinski definition) is 3. The van der Waals surface area contributed by atoms with Crippen LogP contribution in [0, 0.1) is 6.33 Å². The van der Waals surface area contributed by atoms with Gasteiger partial charge in [0.2, 0.25) is 6.33 Å². The third-order valence-electron chi connectivity index (χ3n) is 1.06. The van der Waals surface area contributed by atoms with Gasteiger partial charge in [-0.1, -0.05) is 6.08 Å². The van der Waals surface area contributed by atoms with Crippen LogP contribution >= 0.6 is 0 Å². The van der Waals surface area contributed by atoms with Crippen molar-refractivity contribution in [2.24, 2.45) is 0 Å². The molecule has 1 unspecified atom stereocenters. The number of rotatable bonds is 2. The molecular weight excluding hydrogens is 116 g/mol. The Bertz CT molecular complexity index is 179. The summed E-state index contributed by atoms with van der Waals surface area (Å²) in [6, 6.07) is 0.125. The van der Waals surface area contributed by atoms with Gasteiger partial charge in [0.15, 0.2) is 0 Å². The predicted octanol–water partition coefficient (Wildman–Crippen LogP) is 0.220. The van der Waals surface area contributed by atoms with Crippen molar-refractivity contribution in [2.45, 2.75) is 13.0 Å². The second-order valence-corrected chi connectivity index (χ2v) is 1.70. The summed E-state index contributed by atoms with van der Waals surface area (Å²) in [5.74, 6) is 0. The zero-order chi connectivity index (χ0) is 6.69. The van der Waals surface area contributed by atoms with Crippen molar-refractivity contribution in [3.8, 4) is 0 Å². The fourth-order valence-corrected chi connectivity index (χ4v) is 0.421. The lowest BCUT2D eigenvalue weighted by molar-refractivity contribution is 0.555. The quantitative estimate of drug-likeness (QED) is 0.528. The zero-order valence-electron chi connectivity index (χ0n) is 5.15. The molecule has 0 spiro atoms. The van der Waals surface area contributed by atoms with Gasteiger partial charge in [-0.15, -0.1) is 11.7 Å².